The van der Waals surface area contributed by atoms with Gasteiger partial charge in [-0.2, -0.15) is 4.31 Å². The van der Waals surface area contributed by atoms with Crippen molar-refractivity contribution in [1.82, 2.24) is 14.3 Å². The van der Waals surface area contributed by atoms with Crippen LogP contribution in [0.5, 0.6) is 0 Å². The van der Waals surface area contributed by atoms with Crippen LogP contribution < -0.4 is 5.32 Å². The third-order valence-corrected chi connectivity index (χ3v) is 6.11. The molecule has 25 heavy (non-hydrogen) atoms. The number of nitrogens with one attached hydrogen (secondary N) is 2. The van der Waals surface area contributed by atoms with Gasteiger partial charge in [0.15, 0.2) is 5.03 Å². The predicted molar refractivity (Wildman–Crippen MR) is 90.1 cm³/mol. The van der Waals surface area contributed by atoms with Crippen molar-refractivity contribution in [3.63, 3.8) is 0 Å². The molecular formula is C15H16ClFN4O3S. The molecule has 1 saturated heterocycles. The number of hydrogen-bond donors (Lipinski definition) is 2. The van der Waals surface area contributed by atoms with Gasteiger partial charge >= 0.3 is 0 Å². The minimum absolute atomic E-state index is 0.00104. The van der Waals surface area contributed by atoms with Crippen molar-refractivity contribution in [3.8, 4) is 0 Å². The van der Waals surface area contributed by atoms with Gasteiger partial charge in [-0.05, 0) is 31.0 Å². The molecule has 1 aromatic carbocycles. The highest BCUT2D eigenvalue weighted by Gasteiger charge is 2.34. The van der Waals surface area contributed by atoms with Crippen molar-refractivity contribution < 1.29 is 17.6 Å². The quantitative estimate of drug-likeness (QED) is 0.842. The Morgan fingerprint density at radius 2 is 2.24 bits per heavy atom. The van der Waals surface area contributed by atoms with Crippen molar-refractivity contribution >= 4 is 33.2 Å². The first-order valence-corrected chi connectivity index (χ1v) is 9.44. The normalized spacial score (nSPS) is 18.9. The van der Waals surface area contributed by atoms with Crippen LogP contribution >= 0.6 is 11.6 Å². The highest BCUT2D eigenvalue weighted by molar-refractivity contribution is 7.89. The fourth-order valence-electron chi connectivity index (χ4n) is 2.72. The minimum Gasteiger partial charge on any atom is -0.335 e. The Bertz CT molecular complexity index is 873. The molecule has 1 amide bonds. The van der Waals surface area contributed by atoms with Gasteiger partial charge in [-0.1, -0.05) is 11.6 Å². The number of H-pyrrole nitrogens is 1. The second kappa shape index (κ2) is 7.11. The molecule has 0 radical (unpaired) electrons. The number of rotatable bonds is 4. The Labute approximate surface area is 149 Å². The number of nitrogens with zero attached hydrogens (tertiary/aromatic N) is 2. The monoisotopic (exact) mass is 386 g/mol. The van der Waals surface area contributed by atoms with E-state index in [-0.39, 0.29) is 22.5 Å². The lowest BCUT2D eigenvalue weighted by Crippen LogP contribution is -2.43. The smallest absolute Gasteiger partial charge is 0.260 e. The number of imidazole rings is 1. The largest absolute Gasteiger partial charge is 0.335 e. The van der Waals surface area contributed by atoms with Crippen molar-refractivity contribution in [2.75, 3.05) is 18.4 Å². The van der Waals surface area contributed by atoms with Gasteiger partial charge in [0.2, 0.25) is 5.91 Å². The third-order valence-electron chi connectivity index (χ3n) is 4.03. The van der Waals surface area contributed by atoms with Crippen molar-refractivity contribution in [2.45, 2.75) is 17.9 Å². The minimum atomic E-state index is -3.71. The molecule has 0 spiro atoms. The lowest BCUT2D eigenvalue weighted by Gasteiger charge is -2.30. The Hall–Kier alpha value is -1.97. The molecule has 1 aliphatic heterocycles. The van der Waals surface area contributed by atoms with E-state index < -0.39 is 21.8 Å². The lowest BCUT2D eigenvalue weighted by molar-refractivity contribution is -0.120. The number of halogens is 2. The number of carbonyl (C=O) groups is 1. The molecule has 0 saturated carbocycles. The zero-order chi connectivity index (χ0) is 18.0. The second-order valence-corrected chi connectivity index (χ2v) is 8.05. The number of anilines is 1. The number of amides is 1. The summed E-state index contributed by atoms with van der Waals surface area (Å²) in [6.45, 7) is 0.412. The van der Waals surface area contributed by atoms with Gasteiger partial charge in [0.05, 0.1) is 23.5 Å². The molecular weight excluding hydrogens is 371 g/mol. The Morgan fingerprint density at radius 3 is 2.92 bits per heavy atom. The molecule has 2 heterocycles. The molecule has 3 rings (SSSR count). The zero-order valence-electron chi connectivity index (χ0n) is 13.1. The number of aromatic amines is 1. The molecule has 1 aromatic heterocycles. The van der Waals surface area contributed by atoms with Crippen LogP contribution in [0.4, 0.5) is 10.1 Å². The van der Waals surface area contributed by atoms with Crippen LogP contribution in [0.25, 0.3) is 0 Å². The topological polar surface area (TPSA) is 95.2 Å². The summed E-state index contributed by atoms with van der Waals surface area (Å²) in [6, 6.07) is 3.88. The highest BCUT2D eigenvalue weighted by Crippen LogP contribution is 2.25. The molecule has 2 N–H and O–H groups in total. The number of aromatic nitrogens is 2. The Morgan fingerprint density at radius 1 is 1.44 bits per heavy atom. The summed E-state index contributed by atoms with van der Waals surface area (Å²) in [4.78, 5) is 18.7. The van der Waals surface area contributed by atoms with E-state index in [0.717, 1.165) is 6.07 Å². The third kappa shape index (κ3) is 3.83. The van der Waals surface area contributed by atoms with Crippen LogP contribution in [0.1, 0.15) is 12.8 Å². The van der Waals surface area contributed by atoms with Gasteiger partial charge in [-0.15, -0.1) is 0 Å². The number of benzene rings is 1. The van der Waals surface area contributed by atoms with E-state index >= 15 is 0 Å². The molecule has 7 nitrogen and oxygen atoms in total. The average molecular weight is 387 g/mol. The van der Waals surface area contributed by atoms with Crippen LogP contribution in [0.15, 0.2) is 35.7 Å². The van der Waals surface area contributed by atoms with Crippen molar-refractivity contribution in [1.29, 1.82) is 0 Å². The van der Waals surface area contributed by atoms with Gasteiger partial charge in [0, 0.05) is 18.8 Å². The molecule has 1 aliphatic rings. The van der Waals surface area contributed by atoms with Crippen LogP contribution in [0, 0.1) is 11.7 Å². The maximum Gasteiger partial charge on any atom is 0.260 e. The van der Waals surface area contributed by atoms with Gasteiger partial charge < -0.3 is 10.3 Å². The first kappa shape index (κ1) is 17.8. The molecule has 0 bridgehead atoms. The van der Waals surface area contributed by atoms with E-state index in [9.17, 15) is 17.6 Å². The van der Waals surface area contributed by atoms with E-state index in [0.29, 0.717) is 25.1 Å². The molecule has 1 atom stereocenters. The second-order valence-electron chi connectivity index (χ2n) is 5.74. The summed E-state index contributed by atoms with van der Waals surface area (Å²) >= 11 is 5.70. The maximum atomic E-state index is 13.2. The van der Waals surface area contributed by atoms with E-state index in [1.54, 1.807) is 0 Å². The molecule has 2 aromatic rings. The van der Waals surface area contributed by atoms with Crippen LogP contribution in [0.3, 0.4) is 0 Å². The van der Waals surface area contributed by atoms with Crippen LogP contribution in [-0.2, 0) is 14.8 Å². The van der Waals surface area contributed by atoms with E-state index in [4.69, 9.17) is 11.6 Å². The zero-order valence-corrected chi connectivity index (χ0v) is 14.6. The fraction of sp³-hybridized carbons (Fsp3) is 0.333. The van der Waals surface area contributed by atoms with E-state index in [1.807, 2.05) is 0 Å². The lowest BCUT2D eigenvalue weighted by atomic mass is 9.99. The highest BCUT2D eigenvalue weighted by atomic mass is 35.5. The first-order chi connectivity index (χ1) is 11.9. The average Bonchev–Trinajstić information content (AvgIpc) is 3.14. The van der Waals surface area contributed by atoms with Crippen molar-refractivity contribution in [2.24, 2.45) is 5.92 Å². The number of piperidine rings is 1. The summed E-state index contributed by atoms with van der Waals surface area (Å²) in [5, 5.41) is 2.56. The summed E-state index contributed by atoms with van der Waals surface area (Å²) in [7, 11) is -3.71. The molecule has 10 heteroatoms. The predicted octanol–water partition coefficient (Wildman–Crippen LogP) is 2.24. The summed E-state index contributed by atoms with van der Waals surface area (Å²) in [5.74, 6) is -1.41. The van der Waals surface area contributed by atoms with Gasteiger partial charge in [0.1, 0.15) is 5.82 Å². The van der Waals surface area contributed by atoms with Gasteiger partial charge in [-0.25, -0.2) is 17.8 Å². The maximum absolute atomic E-state index is 13.2. The summed E-state index contributed by atoms with van der Waals surface area (Å²) in [6.07, 6.45) is 3.66. The molecule has 1 unspecified atom stereocenters. The first-order valence-electron chi connectivity index (χ1n) is 7.62. The summed E-state index contributed by atoms with van der Waals surface area (Å²) < 4.78 is 39.5. The van der Waals surface area contributed by atoms with Gasteiger partial charge in [-0.3, -0.25) is 4.79 Å². The Kier molecular flexibility index (Phi) is 5.07. The number of sulfonamides is 1. The number of carbonyl (C=O) groups excluding carboxylic acids is 1. The number of hydrogen-bond acceptors (Lipinski definition) is 4. The van der Waals surface area contributed by atoms with Crippen LogP contribution in [-0.4, -0.2) is 41.7 Å². The van der Waals surface area contributed by atoms with Crippen molar-refractivity contribution in [3.05, 3.63) is 41.6 Å². The van der Waals surface area contributed by atoms with E-state index in [2.05, 4.69) is 15.3 Å². The standard InChI is InChI=1S/C15H16ClFN4O3S/c16-12-6-11(3-4-13(12)17)20-15(22)10-2-1-5-21(8-10)25(23,24)14-7-18-9-19-14/h3-4,6-7,9-10H,1-2,5,8H2,(H,18,19)(H,20,22). The fourth-order valence-corrected chi connectivity index (χ4v) is 4.32. The summed E-state index contributed by atoms with van der Waals surface area (Å²) in [5.41, 5.74) is 0.366. The van der Waals surface area contributed by atoms with Gasteiger partial charge in [0.25, 0.3) is 10.0 Å². The SMILES string of the molecule is O=C(Nc1ccc(F)c(Cl)c1)C1CCCN(S(=O)(=O)c2cnc[nH]2)C1. The molecule has 134 valence electrons. The molecule has 1 fully saturated rings. The van der Waals surface area contributed by atoms with E-state index in [1.165, 1.54) is 29.0 Å². The van der Waals surface area contributed by atoms with Crippen LogP contribution in [0.2, 0.25) is 5.02 Å². The molecule has 0 aliphatic carbocycles. The Balaban J connectivity index is 1.70.